The minimum atomic E-state index is -0.707. The smallest absolute Gasteiger partial charge is 0.328 e. The molecule has 1 rings (SSSR count). The summed E-state index contributed by atoms with van der Waals surface area (Å²) >= 11 is 0. The third kappa shape index (κ3) is 3.36. The lowest BCUT2D eigenvalue weighted by Gasteiger charge is -2.10. The summed E-state index contributed by atoms with van der Waals surface area (Å²) in [5.41, 5.74) is 11.0. The van der Waals surface area contributed by atoms with Gasteiger partial charge in [0.15, 0.2) is 0 Å². The molecule has 0 radical (unpaired) electrons. The quantitative estimate of drug-likeness (QED) is 0.552. The van der Waals surface area contributed by atoms with E-state index in [0.717, 1.165) is 0 Å². The maximum absolute atomic E-state index is 11.3. The molecular formula is C11H14N2O3. The molecule has 1 aromatic rings. The van der Waals surface area contributed by atoms with Crippen LogP contribution in [0.3, 0.4) is 0 Å². The van der Waals surface area contributed by atoms with Crippen LogP contribution in [0.1, 0.15) is 12.5 Å². The summed E-state index contributed by atoms with van der Waals surface area (Å²) in [7, 11) is 0. The van der Waals surface area contributed by atoms with Crippen molar-refractivity contribution in [1.82, 2.24) is 0 Å². The molecule has 0 bridgehead atoms. The summed E-state index contributed by atoms with van der Waals surface area (Å²) < 4.78 is 5.04. The van der Waals surface area contributed by atoms with E-state index >= 15 is 0 Å². The topological polar surface area (TPSA) is 95.4 Å². The van der Waals surface area contributed by atoms with Crippen molar-refractivity contribution in [1.29, 1.82) is 0 Å². The van der Waals surface area contributed by atoms with Gasteiger partial charge in [0.05, 0.1) is 6.42 Å². The molecule has 4 N–H and O–H groups in total. The second kappa shape index (κ2) is 5.27. The summed E-state index contributed by atoms with van der Waals surface area (Å²) in [6, 6.07) is 6.00. The monoisotopic (exact) mass is 222 g/mol. The molecule has 0 heterocycles. The van der Waals surface area contributed by atoms with Gasteiger partial charge in [0, 0.05) is 5.56 Å². The second-order valence-corrected chi connectivity index (χ2v) is 3.46. The van der Waals surface area contributed by atoms with Gasteiger partial charge >= 0.3 is 5.97 Å². The summed E-state index contributed by atoms with van der Waals surface area (Å²) in [6.45, 7) is 1.53. The Kier molecular flexibility index (Phi) is 4.02. The Morgan fingerprint density at radius 3 is 2.56 bits per heavy atom. The Morgan fingerprint density at radius 1 is 1.38 bits per heavy atom. The molecule has 5 heteroatoms. The van der Waals surface area contributed by atoms with Gasteiger partial charge < -0.3 is 16.2 Å². The number of benzene rings is 1. The Morgan fingerprint density at radius 2 is 2.00 bits per heavy atom. The van der Waals surface area contributed by atoms with Crippen molar-refractivity contribution in [2.75, 3.05) is 0 Å². The SMILES string of the molecule is CC(N)C(=O)Oc1ccccc1CC(N)=O. The summed E-state index contributed by atoms with van der Waals surface area (Å²) in [6.07, 6.45) is 0.0302. The highest BCUT2D eigenvalue weighted by Gasteiger charge is 2.13. The van der Waals surface area contributed by atoms with Gasteiger partial charge in [-0.3, -0.25) is 4.79 Å². The summed E-state index contributed by atoms with van der Waals surface area (Å²) in [4.78, 5) is 22.1. The number of carbonyl (C=O) groups is 2. The van der Waals surface area contributed by atoms with Gasteiger partial charge in [-0.15, -0.1) is 0 Å². The Balaban J connectivity index is 2.86. The maximum atomic E-state index is 11.3. The van der Waals surface area contributed by atoms with Crippen LogP contribution in [0.25, 0.3) is 0 Å². The van der Waals surface area contributed by atoms with Gasteiger partial charge in [0.2, 0.25) is 5.91 Å². The fraction of sp³-hybridized carbons (Fsp3) is 0.273. The molecule has 0 saturated heterocycles. The van der Waals surface area contributed by atoms with Gasteiger partial charge in [-0.1, -0.05) is 18.2 Å². The van der Waals surface area contributed by atoms with Crippen LogP contribution in [0.5, 0.6) is 5.75 Å². The third-order valence-electron chi connectivity index (χ3n) is 1.92. The lowest BCUT2D eigenvalue weighted by molar-refractivity contribution is -0.135. The summed E-state index contributed by atoms with van der Waals surface area (Å²) in [5, 5.41) is 0. The van der Waals surface area contributed by atoms with Crippen LogP contribution < -0.4 is 16.2 Å². The van der Waals surface area contributed by atoms with E-state index in [1.54, 1.807) is 24.3 Å². The number of hydrogen-bond acceptors (Lipinski definition) is 4. The fourth-order valence-electron chi connectivity index (χ4n) is 1.14. The van der Waals surface area contributed by atoms with Crippen LogP contribution in [0, 0.1) is 0 Å². The van der Waals surface area contributed by atoms with E-state index in [1.165, 1.54) is 6.92 Å². The molecule has 0 aliphatic carbocycles. The fourth-order valence-corrected chi connectivity index (χ4v) is 1.14. The standard InChI is InChI=1S/C11H14N2O3/c1-7(12)11(15)16-9-5-3-2-4-8(9)6-10(13)14/h2-5,7H,6,12H2,1H3,(H2,13,14). The van der Waals surface area contributed by atoms with Gasteiger partial charge in [0.25, 0.3) is 0 Å². The average Bonchev–Trinajstić information content (AvgIpc) is 2.20. The molecule has 1 amide bonds. The third-order valence-corrected chi connectivity index (χ3v) is 1.92. The van der Waals surface area contributed by atoms with Crippen molar-refractivity contribution in [2.45, 2.75) is 19.4 Å². The van der Waals surface area contributed by atoms with Crippen LogP contribution in [-0.4, -0.2) is 17.9 Å². The van der Waals surface area contributed by atoms with E-state index in [-0.39, 0.29) is 6.42 Å². The Hall–Kier alpha value is -1.88. The first-order valence-corrected chi connectivity index (χ1v) is 4.84. The minimum Gasteiger partial charge on any atom is -0.425 e. The van der Waals surface area contributed by atoms with Gasteiger partial charge in [-0.25, -0.2) is 4.79 Å². The highest BCUT2D eigenvalue weighted by atomic mass is 16.5. The van der Waals surface area contributed by atoms with E-state index in [4.69, 9.17) is 16.2 Å². The zero-order valence-electron chi connectivity index (χ0n) is 8.97. The van der Waals surface area contributed by atoms with Crippen molar-refractivity contribution in [3.05, 3.63) is 29.8 Å². The highest BCUT2D eigenvalue weighted by Crippen LogP contribution is 2.18. The minimum absolute atomic E-state index is 0.0302. The predicted octanol–water partition coefficient (Wildman–Crippen LogP) is -0.0330. The second-order valence-electron chi connectivity index (χ2n) is 3.46. The van der Waals surface area contributed by atoms with Crippen molar-refractivity contribution in [3.63, 3.8) is 0 Å². The van der Waals surface area contributed by atoms with Crippen molar-refractivity contribution >= 4 is 11.9 Å². The number of carbonyl (C=O) groups excluding carboxylic acids is 2. The molecular weight excluding hydrogens is 208 g/mol. The average molecular weight is 222 g/mol. The van der Waals surface area contributed by atoms with Gasteiger partial charge in [-0.2, -0.15) is 0 Å². The van der Waals surface area contributed by atoms with E-state index in [9.17, 15) is 9.59 Å². The molecule has 0 aliphatic heterocycles. The molecule has 0 aromatic heterocycles. The molecule has 1 unspecified atom stereocenters. The number of hydrogen-bond donors (Lipinski definition) is 2. The predicted molar refractivity (Wildman–Crippen MR) is 58.6 cm³/mol. The van der Waals surface area contributed by atoms with Crippen LogP contribution in [0.4, 0.5) is 0 Å². The lowest BCUT2D eigenvalue weighted by Crippen LogP contribution is -2.31. The number of primary amides is 1. The zero-order valence-corrected chi connectivity index (χ0v) is 8.97. The maximum Gasteiger partial charge on any atom is 0.328 e. The van der Waals surface area contributed by atoms with Crippen LogP contribution in [0.15, 0.2) is 24.3 Å². The first-order valence-electron chi connectivity index (χ1n) is 4.84. The molecule has 16 heavy (non-hydrogen) atoms. The van der Waals surface area contributed by atoms with Crippen molar-refractivity contribution in [3.8, 4) is 5.75 Å². The lowest BCUT2D eigenvalue weighted by atomic mass is 10.1. The highest BCUT2D eigenvalue weighted by molar-refractivity contribution is 5.80. The number of ether oxygens (including phenoxy) is 1. The first kappa shape index (κ1) is 12.2. The molecule has 0 aliphatic rings. The van der Waals surface area contributed by atoms with Crippen molar-refractivity contribution in [2.24, 2.45) is 11.5 Å². The summed E-state index contributed by atoms with van der Waals surface area (Å²) in [5.74, 6) is -0.704. The number of amides is 1. The van der Waals surface area contributed by atoms with Crippen LogP contribution in [-0.2, 0) is 16.0 Å². The molecule has 1 atom stereocenters. The first-order chi connectivity index (χ1) is 7.50. The van der Waals surface area contributed by atoms with Crippen LogP contribution >= 0.6 is 0 Å². The Bertz CT molecular complexity index is 402. The molecule has 0 spiro atoms. The number of nitrogens with two attached hydrogens (primary N) is 2. The van der Waals surface area contributed by atoms with E-state index in [2.05, 4.69) is 0 Å². The van der Waals surface area contributed by atoms with Crippen LogP contribution in [0.2, 0.25) is 0 Å². The van der Waals surface area contributed by atoms with E-state index in [0.29, 0.717) is 11.3 Å². The number of rotatable bonds is 4. The number of para-hydroxylation sites is 1. The molecule has 0 fully saturated rings. The van der Waals surface area contributed by atoms with Gasteiger partial charge in [-0.05, 0) is 13.0 Å². The Labute approximate surface area is 93.4 Å². The van der Waals surface area contributed by atoms with Gasteiger partial charge in [0.1, 0.15) is 11.8 Å². The molecule has 86 valence electrons. The molecule has 5 nitrogen and oxygen atoms in total. The zero-order chi connectivity index (χ0) is 12.1. The molecule has 0 saturated carbocycles. The van der Waals surface area contributed by atoms with E-state index in [1.807, 2.05) is 0 Å². The van der Waals surface area contributed by atoms with Crippen molar-refractivity contribution < 1.29 is 14.3 Å². The largest absolute Gasteiger partial charge is 0.425 e. The molecule has 1 aromatic carbocycles. The number of esters is 1. The normalized spacial score (nSPS) is 11.9. The van der Waals surface area contributed by atoms with E-state index < -0.39 is 17.9 Å².